The van der Waals surface area contributed by atoms with Gasteiger partial charge in [0, 0.05) is 13.3 Å². The maximum atomic E-state index is 10.4. The molecule has 0 aliphatic rings. The van der Waals surface area contributed by atoms with E-state index < -0.39 is 10.9 Å². The number of unbranched alkanes of at least 4 members (excludes halogenated alkanes) is 12. The molecule has 8 nitrogen and oxygen atoms in total. The fourth-order valence-electron chi connectivity index (χ4n) is 3.27. The van der Waals surface area contributed by atoms with Crippen molar-refractivity contribution in [2.45, 2.75) is 110 Å². The zero-order valence-corrected chi connectivity index (χ0v) is 18.9. The third-order valence-electron chi connectivity index (χ3n) is 5.04. The molecule has 1 aromatic rings. The first-order chi connectivity index (χ1) is 14.4. The van der Waals surface area contributed by atoms with Gasteiger partial charge in [-0.05, 0) is 11.3 Å². The molecule has 0 bridgehead atoms. The van der Waals surface area contributed by atoms with Gasteiger partial charge in [0.1, 0.15) is 12.7 Å². The van der Waals surface area contributed by atoms with Crippen molar-refractivity contribution in [1.29, 1.82) is 0 Å². The van der Waals surface area contributed by atoms with Crippen LogP contribution in [0.5, 0.6) is 0 Å². The number of aliphatic hydroxyl groups excluding tert-OH is 1. The number of aryl methyl sites for hydroxylation is 1. The molecule has 30 heavy (non-hydrogen) atoms. The van der Waals surface area contributed by atoms with Gasteiger partial charge in [-0.15, -0.1) is 0 Å². The molecule has 0 spiro atoms. The number of carboxylic acid groups (broad SMARTS) is 1. The Morgan fingerprint density at radius 2 is 1.47 bits per heavy atom. The van der Waals surface area contributed by atoms with Crippen LogP contribution in [0.2, 0.25) is 0 Å². The van der Waals surface area contributed by atoms with Crippen molar-refractivity contribution in [3.05, 3.63) is 22.1 Å². The van der Waals surface area contributed by atoms with Crippen LogP contribution in [0.3, 0.4) is 0 Å². The Morgan fingerprint density at radius 3 is 1.87 bits per heavy atom. The van der Waals surface area contributed by atoms with Crippen molar-refractivity contribution < 1.29 is 19.9 Å². The van der Waals surface area contributed by atoms with Gasteiger partial charge >= 0.3 is 11.8 Å². The van der Waals surface area contributed by atoms with Crippen LogP contribution in [-0.4, -0.2) is 37.3 Å². The van der Waals surface area contributed by atoms with E-state index in [4.69, 9.17) is 10.2 Å². The molecule has 1 aromatic heterocycles. The summed E-state index contributed by atoms with van der Waals surface area (Å²) >= 11 is 0. The molecule has 0 fully saturated rings. The zero-order chi connectivity index (χ0) is 22.6. The van der Waals surface area contributed by atoms with Crippen LogP contribution >= 0.6 is 0 Å². The lowest BCUT2D eigenvalue weighted by Crippen LogP contribution is -2.07. The predicted octanol–water partition coefficient (Wildman–Crippen LogP) is 5.64. The van der Waals surface area contributed by atoms with Crippen molar-refractivity contribution in [2.75, 3.05) is 6.61 Å². The molecule has 2 N–H and O–H groups in total. The normalized spacial score (nSPS) is 10.5. The molecule has 0 aliphatic carbocycles. The predicted molar refractivity (Wildman–Crippen MR) is 119 cm³/mol. The summed E-state index contributed by atoms with van der Waals surface area (Å²) in [5.41, 5.74) is 0. The summed E-state index contributed by atoms with van der Waals surface area (Å²) in [6.07, 6.45) is 18.5. The van der Waals surface area contributed by atoms with Gasteiger partial charge in [-0.2, -0.15) is 0 Å². The number of hydrogen-bond acceptors (Lipinski definition) is 5. The van der Waals surface area contributed by atoms with Crippen LogP contribution < -0.4 is 0 Å². The van der Waals surface area contributed by atoms with Crippen LogP contribution in [0.25, 0.3) is 0 Å². The number of nitro groups is 1. The Hall–Kier alpha value is -1.96. The van der Waals surface area contributed by atoms with E-state index in [9.17, 15) is 14.9 Å². The van der Waals surface area contributed by atoms with E-state index in [1.165, 1.54) is 81.4 Å². The molecule has 1 heterocycles. The summed E-state index contributed by atoms with van der Waals surface area (Å²) in [5.74, 6) is -0.199. The lowest BCUT2D eigenvalue weighted by atomic mass is 10.0. The minimum Gasteiger partial charge on any atom is -0.481 e. The molecule has 0 unspecified atom stereocenters. The average Bonchev–Trinajstić information content (AvgIpc) is 3.07. The molecule has 0 saturated heterocycles. The number of aromatic nitrogens is 2. The SMILES string of the molecule is CCCCCCCCCCCCCCCC(=O)O.Cc1ncc([N+](=O)[O-])n1CCO. The van der Waals surface area contributed by atoms with Crippen LogP contribution in [0.1, 0.15) is 103 Å². The minimum absolute atomic E-state index is 0.0819. The largest absolute Gasteiger partial charge is 0.481 e. The highest BCUT2D eigenvalue weighted by Gasteiger charge is 2.15. The first kappa shape index (κ1) is 28.0. The van der Waals surface area contributed by atoms with Crippen LogP contribution in [0.4, 0.5) is 5.82 Å². The number of nitrogens with zero attached hydrogens (tertiary/aromatic N) is 3. The Kier molecular flexibility index (Phi) is 17.8. The van der Waals surface area contributed by atoms with Gasteiger partial charge in [-0.3, -0.25) is 4.79 Å². The Morgan fingerprint density at radius 1 is 1.00 bits per heavy atom. The van der Waals surface area contributed by atoms with E-state index in [0.29, 0.717) is 12.2 Å². The van der Waals surface area contributed by atoms with Gasteiger partial charge in [0.2, 0.25) is 0 Å². The lowest BCUT2D eigenvalue weighted by Gasteiger charge is -2.02. The number of carbonyl (C=O) groups is 1. The van der Waals surface area contributed by atoms with Crippen LogP contribution in [0, 0.1) is 17.0 Å². The molecular weight excluding hydrogens is 386 g/mol. The molecule has 1 rings (SSSR count). The number of imidazole rings is 1. The summed E-state index contributed by atoms with van der Waals surface area (Å²) in [6, 6.07) is 0. The second-order valence-electron chi connectivity index (χ2n) is 7.68. The summed E-state index contributed by atoms with van der Waals surface area (Å²) in [7, 11) is 0. The minimum atomic E-state index is -0.655. The van der Waals surface area contributed by atoms with Crippen molar-refractivity contribution in [3.63, 3.8) is 0 Å². The fraction of sp³-hybridized carbons (Fsp3) is 0.818. The quantitative estimate of drug-likeness (QED) is 0.188. The number of rotatable bonds is 17. The summed E-state index contributed by atoms with van der Waals surface area (Å²) < 4.78 is 1.36. The van der Waals surface area contributed by atoms with Crippen molar-refractivity contribution in [3.8, 4) is 0 Å². The first-order valence-corrected chi connectivity index (χ1v) is 11.4. The highest BCUT2D eigenvalue weighted by Crippen LogP contribution is 2.13. The molecule has 0 saturated carbocycles. The van der Waals surface area contributed by atoms with Gasteiger partial charge < -0.3 is 20.3 Å². The monoisotopic (exact) mass is 427 g/mol. The van der Waals surface area contributed by atoms with Gasteiger partial charge in [0.05, 0.1) is 6.61 Å². The Labute approximate surface area is 180 Å². The number of hydrogen-bond donors (Lipinski definition) is 2. The average molecular weight is 428 g/mol. The van der Waals surface area contributed by atoms with Crippen molar-refractivity contribution in [1.82, 2.24) is 9.55 Å². The van der Waals surface area contributed by atoms with Crippen molar-refractivity contribution >= 4 is 11.8 Å². The Bertz CT molecular complexity index is 575. The fourth-order valence-corrected chi connectivity index (χ4v) is 3.27. The second kappa shape index (κ2) is 19.0. The molecule has 0 radical (unpaired) electrons. The number of aliphatic carboxylic acids is 1. The maximum absolute atomic E-state index is 10.4. The number of carboxylic acids is 1. The molecule has 0 atom stereocenters. The molecule has 0 aromatic carbocycles. The second-order valence-corrected chi connectivity index (χ2v) is 7.68. The van der Waals surface area contributed by atoms with E-state index in [2.05, 4.69) is 11.9 Å². The maximum Gasteiger partial charge on any atom is 0.342 e. The van der Waals surface area contributed by atoms with E-state index in [-0.39, 0.29) is 19.0 Å². The lowest BCUT2D eigenvalue weighted by molar-refractivity contribution is -0.392. The molecule has 0 amide bonds. The Balaban J connectivity index is 0.000000604. The van der Waals surface area contributed by atoms with E-state index in [1.807, 2.05) is 0 Å². The van der Waals surface area contributed by atoms with Gasteiger partial charge in [0.25, 0.3) is 0 Å². The van der Waals surface area contributed by atoms with Crippen LogP contribution in [0.15, 0.2) is 6.20 Å². The smallest absolute Gasteiger partial charge is 0.342 e. The highest BCUT2D eigenvalue weighted by molar-refractivity contribution is 5.66. The van der Waals surface area contributed by atoms with E-state index >= 15 is 0 Å². The summed E-state index contributed by atoms with van der Waals surface area (Å²) in [4.78, 5) is 23.9. The molecular formula is C22H41N3O5. The number of aliphatic hydroxyl groups is 1. The van der Waals surface area contributed by atoms with Gasteiger partial charge in [-0.25, -0.2) is 9.55 Å². The first-order valence-electron chi connectivity index (χ1n) is 11.4. The molecule has 174 valence electrons. The third-order valence-corrected chi connectivity index (χ3v) is 5.04. The molecule has 0 aliphatic heterocycles. The highest BCUT2D eigenvalue weighted by atomic mass is 16.6. The third kappa shape index (κ3) is 15.0. The van der Waals surface area contributed by atoms with Crippen LogP contribution in [-0.2, 0) is 11.3 Å². The van der Waals surface area contributed by atoms with Gasteiger partial charge in [0.15, 0.2) is 5.82 Å². The topological polar surface area (TPSA) is 118 Å². The van der Waals surface area contributed by atoms with Crippen molar-refractivity contribution in [2.24, 2.45) is 0 Å². The van der Waals surface area contributed by atoms with E-state index in [1.54, 1.807) is 6.92 Å². The molecule has 8 heteroatoms. The van der Waals surface area contributed by atoms with E-state index in [0.717, 1.165) is 12.8 Å². The standard InChI is InChI=1S/C16H32O2.C6H9N3O3/c1-2-3-4-5-6-7-8-9-10-11-12-13-14-15-16(17)18;1-5-7-4-6(9(11)12)8(5)2-3-10/h2-15H2,1H3,(H,17,18);4,10H,2-3H2,1H3. The summed E-state index contributed by atoms with van der Waals surface area (Å²) in [6.45, 7) is 4.00. The van der Waals surface area contributed by atoms with Gasteiger partial charge in [-0.1, -0.05) is 84.0 Å². The summed E-state index contributed by atoms with van der Waals surface area (Å²) in [5, 5.41) is 27.5. The zero-order valence-electron chi connectivity index (χ0n) is 18.9.